The standard InChI is InChI=1S/C33H44O10/c1-18(2)13-27(36)42-25-15-32(16-38-21(5)34)26(14-19(25)3)43-30-28(40-20(4)23-9-11-24(37-8)12-10-23)29(41-22(6)35)31(32,7)33(30)17-39-33/h9-12,14,18,20,25-26,28-30H,13,15-17H2,1-8H3/t20?,25-,26+,28+,29+,30+,31+,32+,33-/m0/s1. The van der Waals surface area contributed by atoms with Crippen LogP contribution in [-0.4, -0.2) is 74.4 Å². The molecule has 43 heavy (non-hydrogen) atoms. The molecule has 10 nitrogen and oxygen atoms in total. The largest absolute Gasteiger partial charge is 0.497 e. The van der Waals surface area contributed by atoms with Gasteiger partial charge in [0.2, 0.25) is 0 Å². The van der Waals surface area contributed by atoms with Crippen molar-refractivity contribution in [3.8, 4) is 5.75 Å². The van der Waals surface area contributed by atoms with Crippen molar-refractivity contribution in [2.75, 3.05) is 20.3 Å². The number of hydrogen-bond acceptors (Lipinski definition) is 10. The minimum absolute atomic E-state index is 0.0398. The van der Waals surface area contributed by atoms with Crippen LogP contribution in [0.5, 0.6) is 5.75 Å². The molecule has 2 saturated heterocycles. The molecule has 1 spiro atoms. The molecule has 0 N–H and O–H groups in total. The van der Waals surface area contributed by atoms with Crippen molar-refractivity contribution in [3.63, 3.8) is 0 Å². The van der Waals surface area contributed by atoms with Crippen molar-refractivity contribution in [2.45, 2.75) is 104 Å². The van der Waals surface area contributed by atoms with E-state index in [1.807, 2.05) is 65.0 Å². The highest BCUT2D eigenvalue weighted by Crippen LogP contribution is 2.72. The van der Waals surface area contributed by atoms with Gasteiger partial charge in [-0.05, 0) is 43.0 Å². The summed E-state index contributed by atoms with van der Waals surface area (Å²) >= 11 is 0. The van der Waals surface area contributed by atoms with Crippen LogP contribution in [0, 0.1) is 16.7 Å². The van der Waals surface area contributed by atoms with Gasteiger partial charge >= 0.3 is 17.9 Å². The molecule has 9 atom stereocenters. The Bertz CT molecular complexity index is 1270. The first-order valence-corrected chi connectivity index (χ1v) is 15.0. The average Bonchev–Trinajstić information content (AvgIpc) is 3.72. The predicted octanol–water partition coefficient (Wildman–Crippen LogP) is 4.49. The van der Waals surface area contributed by atoms with Gasteiger partial charge in [0.15, 0.2) is 0 Å². The van der Waals surface area contributed by atoms with Crippen molar-refractivity contribution in [1.82, 2.24) is 0 Å². The van der Waals surface area contributed by atoms with Gasteiger partial charge in [-0.1, -0.05) is 39.0 Å². The van der Waals surface area contributed by atoms with Gasteiger partial charge in [-0.2, -0.15) is 0 Å². The Hall–Kier alpha value is -2.95. The van der Waals surface area contributed by atoms with E-state index in [4.69, 9.17) is 33.2 Å². The summed E-state index contributed by atoms with van der Waals surface area (Å²) in [5.74, 6) is -0.358. The Morgan fingerprint density at radius 1 is 1.05 bits per heavy atom. The monoisotopic (exact) mass is 600 g/mol. The SMILES string of the molecule is COc1ccc(C(C)O[C@@H]2[C@@H](OC(C)=O)[C@]3(C)[C@@]4(COC(C)=O)C[C@H](OC(=O)CC(C)C)C(C)=C[C@H]4O[C@H]2[C@@]32CO2)cc1. The van der Waals surface area contributed by atoms with Gasteiger partial charge in [0.1, 0.15) is 42.4 Å². The number of methoxy groups -OCH3 is 1. The quantitative estimate of drug-likeness (QED) is 0.165. The summed E-state index contributed by atoms with van der Waals surface area (Å²) in [4.78, 5) is 37.8. The molecule has 0 radical (unpaired) electrons. The van der Waals surface area contributed by atoms with Gasteiger partial charge in [0.25, 0.3) is 0 Å². The Labute approximate surface area is 253 Å². The maximum Gasteiger partial charge on any atom is 0.306 e. The summed E-state index contributed by atoms with van der Waals surface area (Å²) < 4.78 is 43.1. The summed E-state index contributed by atoms with van der Waals surface area (Å²) in [6.45, 7) is 12.8. The van der Waals surface area contributed by atoms with Crippen molar-refractivity contribution < 1.29 is 47.5 Å². The van der Waals surface area contributed by atoms with Crippen LogP contribution in [0.3, 0.4) is 0 Å². The predicted molar refractivity (Wildman–Crippen MR) is 154 cm³/mol. The molecule has 2 aliphatic heterocycles. The van der Waals surface area contributed by atoms with Gasteiger partial charge in [0, 0.05) is 26.7 Å². The summed E-state index contributed by atoms with van der Waals surface area (Å²) in [5, 5.41) is 0. The molecule has 4 aliphatic rings. The average molecular weight is 601 g/mol. The number of epoxide rings is 1. The molecule has 1 aromatic carbocycles. The van der Waals surface area contributed by atoms with E-state index in [1.54, 1.807) is 7.11 Å². The van der Waals surface area contributed by atoms with E-state index in [1.165, 1.54) is 13.8 Å². The normalized spacial score (nSPS) is 36.4. The number of carbonyl (C=O) groups excluding carboxylic acids is 3. The molecule has 2 aliphatic carbocycles. The van der Waals surface area contributed by atoms with E-state index in [0.29, 0.717) is 13.0 Å². The van der Waals surface area contributed by atoms with E-state index in [0.717, 1.165) is 16.9 Å². The molecule has 5 rings (SSSR count). The molecule has 1 unspecified atom stereocenters. The molecule has 10 heteroatoms. The van der Waals surface area contributed by atoms with Crippen LogP contribution in [-0.2, 0) is 42.8 Å². The smallest absolute Gasteiger partial charge is 0.306 e. The first kappa shape index (κ1) is 31.5. The maximum atomic E-state index is 12.8. The van der Waals surface area contributed by atoms with Crippen LogP contribution in [0.4, 0.5) is 0 Å². The summed E-state index contributed by atoms with van der Waals surface area (Å²) in [5.41, 5.74) is -0.988. The molecule has 236 valence electrons. The Balaban J connectivity index is 1.57. The summed E-state index contributed by atoms with van der Waals surface area (Å²) in [7, 11) is 1.61. The lowest BCUT2D eigenvalue weighted by Crippen LogP contribution is -2.68. The summed E-state index contributed by atoms with van der Waals surface area (Å²) in [6.07, 6.45) is -1.04. The van der Waals surface area contributed by atoms with E-state index in [-0.39, 0.29) is 31.0 Å². The van der Waals surface area contributed by atoms with E-state index < -0.39 is 58.9 Å². The first-order chi connectivity index (χ1) is 20.3. The molecular weight excluding hydrogens is 556 g/mol. The summed E-state index contributed by atoms with van der Waals surface area (Å²) in [6, 6.07) is 7.60. The van der Waals surface area contributed by atoms with Crippen LogP contribution >= 0.6 is 0 Å². The number of carbonyl (C=O) groups is 3. The zero-order chi connectivity index (χ0) is 31.3. The minimum Gasteiger partial charge on any atom is -0.497 e. The van der Waals surface area contributed by atoms with Gasteiger partial charge in [0.05, 0.1) is 36.8 Å². The highest BCUT2D eigenvalue weighted by Gasteiger charge is 2.86. The van der Waals surface area contributed by atoms with Gasteiger partial charge < -0.3 is 33.2 Å². The third-order valence-electron chi connectivity index (χ3n) is 9.92. The molecule has 1 aromatic rings. The van der Waals surface area contributed by atoms with Gasteiger partial charge in [-0.3, -0.25) is 14.4 Å². The van der Waals surface area contributed by atoms with Crippen LogP contribution in [0.2, 0.25) is 0 Å². The van der Waals surface area contributed by atoms with Gasteiger partial charge in [-0.25, -0.2) is 0 Å². The lowest BCUT2D eigenvalue weighted by Gasteiger charge is -2.58. The van der Waals surface area contributed by atoms with E-state index in [9.17, 15) is 14.4 Å². The first-order valence-electron chi connectivity index (χ1n) is 15.0. The number of ether oxygens (including phenoxy) is 7. The molecule has 3 fully saturated rings. The van der Waals surface area contributed by atoms with Crippen molar-refractivity contribution in [2.24, 2.45) is 16.7 Å². The fourth-order valence-corrected chi connectivity index (χ4v) is 7.56. The molecule has 0 aromatic heterocycles. The number of hydrogen-bond donors (Lipinski definition) is 0. The molecule has 1 saturated carbocycles. The molecular formula is C33H44O10. The molecule has 2 heterocycles. The number of esters is 3. The Kier molecular flexibility index (Phi) is 8.43. The fraction of sp³-hybridized carbons (Fsp3) is 0.667. The molecule has 0 amide bonds. The second-order valence-corrected chi connectivity index (χ2v) is 13.0. The molecule has 2 bridgehead atoms. The lowest BCUT2D eigenvalue weighted by atomic mass is 9.51. The highest BCUT2D eigenvalue weighted by molar-refractivity contribution is 5.70. The lowest BCUT2D eigenvalue weighted by molar-refractivity contribution is -0.241. The zero-order valence-electron chi connectivity index (χ0n) is 26.3. The van der Waals surface area contributed by atoms with Crippen LogP contribution in [0.1, 0.15) is 73.0 Å². The fourth-order valence-electron chi connectivity index (χ4n) is 7.56. The second kappa shape index (κ2) is 11.5. The van der Waals surface area contributed by atoms with Crippen molar-refractivity contribution >= 4 is 17.9 Å². The van der Waals surface area contributed by atoms with Crippen LogP contribution < -0.4 is 4.74 Å². The number of fused-ring (bicyclic) bond motifs is 2. The van der Waals surface area contributed by atoms with Gasteiger partial charge in [-0.15, -0.1) is 0 Å². The second-order valence-electron chi connectivity index (χ2n) is 13.0. The number of benzene rings is 1. The third kappa shape index (κ3) is 5.25. The number of rotatable bonds is 10. The van der Waals surface area contributed by atoms with Crippen LogP contribution in [0.15, 0.2) is 35.9 Å². The zero-order valence-corrected chi connectivity index (χ0v) is 26.3. The van der Waals surface area contributed by atoms with E-state index >= 15 is 0 Å². The van der Waals surface area contributed by atoms with Crippen LogP contribution in [0.25, 0.3) is 0 Å². The topological polar surface area (TPSA) is 119 Å². The minimum atomic E-state index is -0.963. The van der Waals surface area contributed by atoms with E-state index in [2.05, 4.69) is 0 Å². The Morgan fingerprint density at radius 2 is 1.72 bits per heavy atom. The Morgan fingerprint density at radius 3 is 2.28 bits per heavy atom. The van der Waals surface area contributed by atoms with Crippen molar-refractivity contribution in [1.29, 1.82) is 0 Å². The maximum absolute atomic E-state index is 12.8. The highest BCUT2D eigenvalue weighted by atomic mass is 16.7. The van der Waals surface area contributed by atoms with Crippen molar-refractivity contribution in [3.05, 3.63) is 41.5 Å². The third-order valence-corrected chi connectivity index (χ3v) is 9.92.